The molecule has 1 atom stereocenters. The van der Waals surface area contributed by atoms with Crippen LogP contribution in [0.4, 0.5) is 8.78 Å². The van der Waals surface area contributed by atoms with E-state index >= 15 is 0 Å². The first-order valence-corrected chi connectivity index (χ1v) is 6.32. The maximum Gasteiger partial charge on any atom is 0.128 e. The lowest BCUT2D eigenvalue weighted by atomic mass is 9.80. The molecule has 0 aliphatic rings. The lowest BCUT2D eigenvalue weighted by Crippen LogP contribution is -2.24. The molecule has 0 N–H and O–H groups in total. The fourth-order valence-corrected chi connectivity index (χ4v) is 2.74. The minimum Gasteiger partial charge on any atom is -0.207 e. The van der Waals surface area contributed by atoms with Crippen LogP contribution in [0.15, 0.2) is 35.7 Å². The zero-order valence-electron chi connectivity index (χ0n) is 9.78. The first kappa shape index (κ1) is 12.7. The number of rotatable bonds is 3. The number of halogens is 2. The van der Waals surface area contributed by atoms with Gasteiger partial charge in [-0.3, -0.25) is 0 Å². The Labute approximate surface area is 108 Å². The predicted octanol–water partition coefficient (Wildman–Crippen LogP) is 4.05. The molecule has 0 aliphatic heterocycles. The van der Waals surface area contributed by atoms with Gasteiger partial charge in [0.1, 0.15) is 11.6 Å². The van der Waals surface area contributed by atoms with Gasteiger partial charge in [0, 0.05) is 16.9 Å². The van der Waals surface area contributed by atoms with Gasteiger partial charge >= 0.3 is 0 Å². The standard InChI is InChI=1S/C14H11F2NS/c1-14(9-17,8-11-3-2-6-18-11)12-7-10(15)4-5-13(12)16/h2-7H,8H2,1H3. The van der Waals surface area contributed by atoms with Gasteiger partial charge in [0.2, 0.25) is 0 Å². The number of benzene rings is 1. The van der Waals surface area contributed by atoms with Gasteiger partial charge in [0.15, 0.2) is 0 Å². The molecule has 18 heavy (non-hydrogen) atoms. The SMILES string of the molecule is CC(C#N)(Cc1cccs1)c1cc(F)ccc1F. The Kier molecular flexibility index (Phi) is 3.44. The summed E-state index contributed by atoms with van der Waals surface area (Å²) in [4.78, 5) is 0.975. The Morgan fingerprint density at radius 1 is 1.33 bits per heavy atom. The summed E-state index contributed by atoms with van der Waals surface area (Å²) in [6.45, 7) is 1.63. The molecule has 2 rings (SSSR count). The average Bonchev–Trinajstić information content (AvgIpc) is 2.84. The zero-order valence-corrected chi connectivity index (χ0v) is 10.6. The van der Waals surface area contributed by atoms with E-state index in [4.69, 9.17) is 0 Å². The lowest BCUT2D eigenvalue weighted by molar-refractivity contribution is 0.524. The van der Waals surface area contributed by atoms with E-state index in [2.05, 4.69) is 6.07 Å². The van der Waals surface area contributed by atoms with Crippen LogP contribution in [0, 0.1) is 23.0 Å². The zero-order chi connectivity index (χ0) is 13.2. The topological polar surface area (TPSA) is 23.8 Å². The summed E-state index contributed by atoms with van der Waals surface area (Å²) in [6, 6.07) is 9.09. The van der Waals surface area contributed by atoms with E-state index in [-0.39, 0.29) is 5.56 Å². The summed E-state index contributed by atoms with van der Waals surface area (Å²) in [5, 5.41) is 11.2. The lowest BCUT2D eigenvalue weighted by Gasteiger charge is -2.22. The van der Waals surface area contributed by atoms with Crippen LogP contribution in [0.25, 0.3) is 0 Å². The van der Waals surface area contributed by atoms with Crippen molar-refractivity contribution in [1.29, 1.82) is 5.26 Å². The molecule has 92 valence electrons. The Morgan fingerprint density at radius 2 is 2.11 bits per heavy atom. The van der Waals surface area contributed by atoms with E-state index in [1.54, 1.807) is 6.92 Å². The normalized spacial score (nSPS) is 13.9. The molecule has 1 nitrogen and oxygen atoms in total. The molecule has 0 spiro atoms. The molecule has 1 heterocycles. The minimum absolute atomic E-state index is 0.110. The summed E-state index contributed by atoms with van der Waals surface area (Å²) in [5.74, 6) is -1.07. The molecule has 0 saturated heterocycles. The van der Waals surface area contributed by atoms with Crippen molar-refractivity contribution in [2.45, 2.75) is 18.8 Å². The minimum atomic E-state index is -1.06. The largest absolute Gasteiger partial charge is 0.207 e. The van der Waals surface area contributed by atoms with E-state index in [0.29, 0.717) is 6.42 Å². The van der Waals surface area contributed by atoms with Gasteiger partial charge in [-0.1, -0.05) is 6.07 Å². The highest BCUT2D eigenvalue weighted by atomic mass is 32.1. The third kappa shape index (κ3) is 2.41. The van der Waals surface area contributed by atoms with Gasteiger partial charge in [0.05, 0.1) is 11.5 Å². The molecule has 1 aromatic carbocycles. The van der Waals surface area contributed by atoms with Crippen molar-refractivity contribution in [3.05, 3.63) is 57.8 Å². The van der Waals surface area contributed by atoms with Crippen molar-refractivity contribution in [2.24, 2.45) is 0 Å². The van der Waals surface area contributed by atoms with Crippen molar-refractivity contribution < 1.29 is 8.78 Å². The molecule has 1 unspecified atom stereocenters. The summed E-state index contributed by atoms with van der Waals surface area (Å²) in [6.07, 6.45) is 0.377. The van der Waals surface area contributed by atoms with E-state index in [0.717, 1.165) is 23.1 Å². The highest BCUT2D eigenvalue weighted by molar-refractivity contribution is 7.09. The number of hydrogen-bond donors (Lipinski definition) is 0. The van der Waals surface area contributed by atoms with E-state index in [1.165, 1.54) is 11.3 Å². The van der Waals surface area contributed by atoms with Crippen LogP contribution < -0.4 is 0 Å². The van der Waals surface area contributed by atoms with Gasteiger partial charge in [-0.25, -0.2) is 8.78 Å². The molecular weight excluding hydrogens is 252 g/mol. The average molecular weight is 263 g/mol. The second-order valence-corrected chi connectivity index (χ2v) is 5.36. The number of nitriles is 1. The molecule has 0 bridgehead atoms. The van der Waals surface area contributed by atoms with Gasteiger partial charge in [0.25, 0.3) is 0 Å². The van der Waals surface area contributed by atoms with Crippen molar-refractivity contribution in [1.82, 2.24) is 0 Å². The van der Waals surface area contributed by atoms with E-state index in [9.17, 15) is 14.0 Å². The predicted molar refractivity (Wildman–Crippen MR) is 67.3 cm³/mol. The van der Waals surface area contributed by atoms with Gasteiger partial charge in [-0.15, -0.1) is 11.3 Å². The quantitative estimate of drug-likeness (QED) is 0.819. The smallest absolute Gasteiger partial charge is 0.128 e. The Hall–Kier alpha value is -1.73. The number of nitrogens with zero attached hydrogens (tertiary/aromatic N) is 1. The Balaban J connectivity index is 2.43. The summed E-state index contributed by atoms with van der Waals surface area (Å²) < 4.78 is 27.0. The highest BCUT2D eigenvalue weighted by Crippen LogP contribution is 2.31. The van der Waals surface area contributed by atoms with Crippen LogP contribution in [-0.4, -0.2) is 0 Å². The third-order valence-corrected chi connectivity index (χ3v) is 3.75. The monoisotopic (exact) mass is 263 g/mol. The summed E-state index contributed by atoms with van der Waals surface area (Å²) >= 11 is 1.50. The first-order valence-electron chi connectivity index (χ1n) is 5.44. The van der Waals surface area contributed by atoms with Crippen LogP contribution in [-0.2, 0) is 11.8 Å². The fraction of sp³-hybridized carbons (Fsp3) is 0.214. The van der Waals surface area contributed by atoms with Crippen LogP contribution in [0.1, 0.15) is 17.4 Å². The van der Waals surface area contributed by atoms with Crippen LogP contribution >= 0.6 is 11.3 Å². The molecule has 0 amide bonds. The Morgan fingerprint density at radius 3 is 2.72 bits per heavy atom. The maximum atomic E-state index is 13.8. The number of thiophene rings is 1. The van der Waals surface area contributed by atoms with Crippen molar-refractivity contribution in [2.75, 3.05) is 0 Å². The third-order valence-electron chi connectivity index (χ3n) is 2.88. The molecule has 4 heteroatoms. The van der Waals surface area contributed by atoms with Gasteiger partial charge < -0.3 is 0 Å². The second-order valence-electron chi connectivity index (χ2n) is 4.32. The van der Waals surface area contributed by atoms with Crippen LogP contribution in [0.5, 0.6) is 0 Å². The molecular formula is C14H11F2NS. The summed E-state index contributed by atoms with van der Waals surface area (Å²) in [7, 11) is 0. The molecule has 0 aliphatic carbocycles. The van der Waals surface area contributed by atoms with E-state index in [1.807, 2.05) is 17.5 Å². The second kappa shape index (κ2) is 4.87. The van der Waals surface area contributed by atoms with E-state index < -0.39 is 17.0 Å². The molecule has 2 aromatic rings. The van der Waals surface area contributed by atoms with Crippen molar-refractivity contribution in [3.8, 4) is 6.07 Å². The number of hydrogen-bond acceptors (Lipinski definition) is 2. The molecule has 0 saturated carbocycles. The Bertz CT molecular complexity index is 586. The molecule has 0 fully saturated rings. The molecule has 1 aromatic heterocycles. The maximum absolute atomic E-state index is 13.8. The first-order chi connectivity index (χ1) is 8.55. The molecule has 0 radical (unpaired) electrons. The van der Waals surface area contributed by atoms with Crippen LogP contribution in [0.2, 0.25) is 0 Å². The highest BCUT2D eigenvalue weighted by Gasteiger charge is 2.30. The van der Waals surface area contributed by atoms with Gasteiger partial charge in [-0.2, -0.15) is 5.26 Å². The van der Waals surface area contributed by atoms with Crippen molar-refractivity contribution in [3.63, 3.8) is 0 Å². The van der Waals surface area contributed by atoms with Crippen molar-refractivity contribution >= 4 is 11.3 Å². The fourth-order valence-electron chi connectivity index (χ4n) is 1.88. The van der Waals surface area contributed by atoms with Crippen LogP contribution in [0.3, 0.4) is 0 Å². The summed E-state index contributed by atoms with van der Waals surface area (Å²) in [5.41, 5.74) is -0.949. The van der Waals surface area contributed by atoms with Gasteiger partial charge in [-0.05, 0) is 36.6 Å².